The number of hydrogen-bond donors (Lipinski definition) is 1. The largest absolute Gasteiger partial charge is 0.488 e. The van der Waals surface area contributed by atoms with Crippen molar-refractivity contribution in [3.8, 4) is 17.6 Å². The van der Waals surface area contributed by atoms with Crippen molar-refractivity contribution in [1.82, 2.24) is 0 Å². The Balaban J connectivity index is 2.23. The van der Waals surface area contributed by atoms with Crippen LogP contribution in [-0.4, -0.2) is 11.7 Å². The van der Waals surface area contributed by atoms with Gasteiger partial charge in [-0.15, -0.1) is 0 Å². The summed E-state index contributed by atoms with van der Waals surface area (Å²) in [5, 5.41) is 8.82. The number of rotatable bonds is 3. The Morgan fingerprint density at radius 2 is 1.71 bits per heavy atom. The molecule has 0 saturated heterocycles. The summed E-state index contributed by atoms with van der Waals surface area (Å²) in [6, 6.07) is 12.0. The number of hydrogen-bond acceptors (Lipinski definition) is 2. The van der Waals surface area contributed by atoms with E-state index < -0.39 is 0 Å². The predicted molar refractivity (Wildman–Crippen MR) is 85.4 cm³/mol. The molecule has 0 amide bonds. The van der Waals surface area contributed by atoms with Gasteiger partial charge in [-0.2, -0.15) is 0 Å². The first-order valence-corrected chi connectivity index (χ1v) is 7.00. The fourth-order valence-corrected chi connectivity index (χ4v) is 2.20. The van der Waals surface area contributed by atoms with Crippen molar-refractivity contribution in [1.29, 1.82) is 0 Å². The second-order valence-electron chi connectivity index (χ2n) is 5.06. The maximum Gasteiger partial charge on any atom is 0.125 e. The highest BCUT2D eigenvalue weighted by Crippen LogP contribution is 2.26. The van der Waals surface area contributed by atoms with Crippen LogP contribution in [0.1, 0.15) is 27.8 Å². The molecule has 0 spiro atoms. The van der Waals surface area contributed by atoms with Crippen molar-refractivity contribution in [3.05, 3.63) is 64.2 Å². The molecule has 1 N–H and O–H groups in total. The van der Waals surface area contributed by atoms with Crippen molar-refractivity contribution in [2.75, 3.05) is 6.61 Å². The molecule has 0 aliphatic carbocycles. The summed E-state index contributed by atoms with van der Waals surface area (Å²) in [6.45, 7) is 6.56. The second-order valence-corrected chi connectivity index (χ2v) is 5.06. The van der Waals surface area contributed by atoms with E-state index in [1.807, 2.05) is 24.3 Å². The van der Waals surface area contributed by atoms with E-state index in [0.29, 0.717) is 6.61 Å². The van der Waals surface area contributed by atoms with Gasteiger partial charge in [0.1, 0.15) is 19.0 Å². The first kappa shape index (κ1) is 15.2. The Morgan fingerprint density at radius 1 is 1.00 bits per heavy atom. The Bertz CT molecular complexity index is 690. The molecule has 0 saturated carbocycles. The fraction of sp³-hybridized carbons (Fsp3) is 0.263. The molecule has 0 atom stereocenters. The van der Waals surface area contributed by atoms with Crippen molar-refractivity contribution in [3.63, 3.8) is 0 Å². The zero-order valence-electron chi connectivity index (χ0n) is 12.7. The van der Waals surface area contributed by atoms with E-state index in [1.165, 1.54) is 11.1 Å². The highest BCUT2D eigenvalue weighted by Gasteiger charge is 2.07. The van der Waals surface area contributed by atoms with Crippen LogP contribution >= 0.6 is 0 Å². The average molecular weight is 280 g/mol. The molecule has 2 aromatic rings. The topological polar surface area (TPSA) is 29.5 Å². The van der Waals surface area contributed by atoms with E-state index in [4.69, 9.17) is 9.84 Å². The molecule has 108 valence electrons. The van der Waals surface area contributed by atoms with Crippen LogP contribution in [0.3, 0.4) is 0 Å². The van der Waals surface area contributed by atoms with Crippen LogP contribution < -0.4 is 4.74 Å². The zero-order chi connectivity index (χ0) is 15.2. The van der Waals surface area contributed by atoms with Gasteiger partial charge in [0.15, 0.2) is 0 Å². The first-order valence-electron chi connectivity index (χ1n) is 7.00. The minimum atomic E-state index is -0.134. The van der Waals surface area contributed by atoms with Gasteiger partial charge in [-0.3, -0.25) is 0 Å². The quantitative estimate of drug-likeness (QED) is 0.871. The van der Waals surface area contributed by atoms with E-state index in [1.54, 1.807) is 0 Å². The predicted octanol–water partition coefficient (Wildman–Crippen LogP) is 3.53. The zero-order valence-corrected chi connectivity index (χ0v) is 12.7. The third kappa shape index (κ3) is 3.65. The lowest BCUT2D eigenvalue weighted by molar-refractivity contribution is 0.301. The molecule has 0 aliphatic rings. The lowest BCUT2D eigenvalue weighted by atomic mass is 10.0. The third-order valence-corrected chi connectivity index (χ3v) is 3.57. The van der Waals surface area contributed by atoms with Gasteiger partial charge in [0.05, 0.1) is 0 Å². The van der Waals surface area contributed by atoms with Crippen molar-refractivity contribution >= 4 is 0 Å². The fourth-order valence-electron chi connectivity index (χ4n) is 2.20. The highest BCUT2D eigenvalue weighted by molar-refractivity contribution is 5.45. The van der Waals surface area contributed by atoms with Gasteiger partial charge < -0.3 is 9.84 Å². The van der Waals surface area contributed by atoms with Crippen LogP contribution in [0.2, 0.25) is 0 Å². The first-order chi connectivity index (χ1) is 10.1. The molecular formula is C19H20O2. The van der Waals surface area contributed by atoms with Gasteiger partial charge >= 0.3 is 0 Å². The normalized spacial score (nSPS) is 9.90. The van der Waals surface area contributed by atoms with E-state index in [0.717, 1.165) is 22.4 Å². The van der Waals surface area contributed by atoms with Crippen molar-refractivity contribution in [2.45, 2.75) is 27.4 Å². The number of aliphatic hydroxyl groups is 1. The molecular weight excluding hydrogens is 260 g/mol. The summed E-state index contributed by atoms with van der Waals surface area (Å²) in [4.78, 5) is 0. The smallest absolute Gasteiger partial charge is 0.125 e. The van der Waals surface area contributed by atoms with Crippen LogP contribution in [0.5, 0.6) is 5.75 Å². The van der Waals surface area contributed by atoms with Gasteiger partial charge in [0.25, 0.3) is 0 Å². The molecule has 0 fully saturated rings. The molecule has 2 heteroatoms. The Morgan fingerprint density at radius 3 is 2.48 bits per heavy atom. The number of aryl methyl sites for hydroxylation is 2. The lowest BCUT2D eigenvalue weighted by Crippen LogP contribution is -2.02. The summed E-state index contributed by atoms with van der Waals surface area (Å²) < 4.78 is 6.02. The van der Waals surface area contributed by atoms with Gasteiger partial charge in [-0.1, -0.05) is 42.2 Å². The van der Waals surface area contributed by atoms with Crippen LogP contribution in [0, 0.1) is 32.6 Å². The molecule has 2 rings (SSSR count). The minimum absolute atomic E-state index is 0.134. The SMILES string of the molecule is Cc1ccc(C)c(OCc2ccccc2C#CCO)c1C. The van der Waals surface area contributed by atoms with Crippen molar-refractivity contribution < 1.29 is 9.84 Å². The average Bonchev–Trinajstić information content (AvgIpc) is 2.50. The molecule has 21 heavy (non-hydrogen) atoms. The maximum absolute atomic E-state index is 8.82. The van der Waals surface area contributed by atoms with Crippen molar-refractivity contribution in [2.24, 2.45) is 0 Å². The molecule has 0 aromatic heterocycles. The number of ether oxygens (including phenoxy) is 1. The van der Waals surface area contributed by atoms with E-state index >= 15 is 0 Å². The molecule has 2 nitrogen and oxygen atoms in total. The Labute approximate surface area is 126 Å². The Kier molecular flexibility index (Phi) is 5.03. The second kappa shape index (κ2) is 6.97. The lowest BCUT2D eigenvalue weighted by Gasteiger charge is -2.14. The molecule has 0 unspecified atom stereocenters. The third-order valence-electron chi connectivity index (χ3n) is 3.57. The van der Waals surface area contributed by atoms with Crippen LogP contribution in [-0.2, 0) is 6.61 Å². The Hall–Kier alpha value is -2.24. The van der Waals surface area contributed by atoms with E-state index in [-0.39, 0.29) is 6.61 Å². The number of benzene rings is 2. The van der Waals surface area contributed by atoms with Crippen LogP contribution in [0.25, 0.3) is 0 Å². The summed E-state index contributed by atoms with van der Waals surface area (Å²) in [5.41, 5.74) is 5.46. The minimum Gasteiger partial charge on any atom is -0.488 e. The highest BCUT2D eigenvalue weighted by atomic mass is 16.5. The summed E-state index contributed by atoms with van der Waals surface area (Å²) >= 11 is 0. The van der Waals surface area contributed by atoms with Crippen LogP contribution in [0.4, 0.5) is 0 Å². The molecule has 2 aromatic carbocycles. The van der Waals surface area contributed by atoms with Gasteiger partial charge in [0, 0.05) is 11.1 Å². The summed E-state index contributed by atoms with van der Waals surface area (Å²) in [5.74, 6) is 6.59. The van der Waals surface area contributed by atoms with Gasteiger partial charge in [-0.05, 0) is 43.5 Å². The molecule has 0 heterocycles. The summed E-state index contributed by atoms with van der Waals surface area (Å²) in [7, 11) is 0. The molecule has 0 bridgehead atoms. The number of aliphatic hydroxyl groups excluding tert-OH is 1. The standard InChI is InChI=1S/C19H20O2/c1-14-10-11-15(2)19(16(14)3)21-13-18-8-5-4-7-17(18)9-6-12-20/h4-5,7-8,10-11,20H,12-13H2,1-3H3. The maximum atomic E-state index is 8.82. The van der Waals surface area contributed by atoms with Gasteiger partial charge in [-0.25, -0.2) is 0 Å². The summed E-state index contributed by atoms with van der Waals surface area (Å²) in [6.07, 6.45) is 0. The van der Waals surface area contributed by atoms with Gasteiger partial charge in [0.2, 0.25) is 0 Å². The van der Waals surface area contributed by atoms with E-state index in [9.17, 15) is 0 Å². The van der Waals surface area contributed by atoms with E-state index in [2.05, 4.69) is 44.7 Å². The molecule has 0 radical (unpaired) electrons. The molecule has 0 aliphatic heterocycles. The monoisotopic (exact) mass is 280 g/mol. The van der Waals surface area contributed by atoms with Crippen LogP contribution in [0.15, 0.2) is 36.4 Å².